The zero-order valence-corrected chi connectivity index (χ0v) is 24.1. The third-order valence-electron chi connectivity index (χ3n) is 7.13. The number of aryl methyl sites for hydroxylation is 1. The van der Waals surface area contributed by atoms with Crippen LogP contribution in [0.5, 0.6) is 0 Å². The van der Waals surface area contributed by atoms with Crippen molar-refractivity contribution in [3.8, 4) is 0 Å². The molecule has 1 N–H and O–H groups in total. The number of thioether (sulfide) groups is 1. The first-order chi connectivity index (χ1) is 18.7. The van der Waals surface area contributed by atoms with E-state index in [9.17, 15) is 19.2 Å². The zero-order chi connectivity index (χ0) is 28.3. The molecule has 1 aliphatic heterocycles. The molecule has 1 unspecified atom stereocenters. The number of nitrogens with one attached hydrogen (secondary N) is 1. The lowest BCUT2D eigenvalue weighted by atomic mass is 9.91. The molecule has 1 amide bonds. The monoisotopic (exact) mass is 572 g/mol. The van der Waals surface area contributed by atoms with Crippen molar-refractivity contribution in [3.63, 3.8) is 0 Å². The van der Waals surface area contributed by atoms with E-state index in [-0.39, 0.29) is 45.9 Å². The summed E-state index contributed by atoms with van der Waals surface area (Å²) in [7, 11) is 2.32. The van der Waals surface area contributed by atoms with Crippen LogP contribution in [0.1, 0.15) is 50.2 Å². The molecule has 1 spiro atoms. The summed E-state index contributed by atoms with van der Waals surface area (Å²) in [5, 5.41) is 3.39. The summed E-state index contributed by atoms with van der Waals surface area (Å²) in [5.41, 5.74) is 1.18. The number of hydrogen-bond acceptors (Lipinski definition) is 10. The Morgan fingerprint density at radius 1 is 1.03 bits per heavy atom. The maximum Gasteiger partial charge on any atom is 0.340 e. The van der Waals surface area contributed by atoms with Gasteiger partial charge in [0.2, 0.25) is 0 Å². The van der Waals surface area contributed by atoms with Crippen molar-refractivity contribution in [3.05, 3.63) is 57.8 Å². The molecule has 0 aromatic heterocycles. The molecule has 1 atom stereocenters. The fourth-order valence-electron chi connectivity index (χ4n) is 5.24. The SMILES string of the molecule is CCOC(=O)C1=C(C(=O)OC)C(C(=O)OC)=C(NC2CCCCC2)C12SC(=S)N(Cc1ccc(C)cc1)C2=O. The van der Waals surface area contributed by atoms with Gasteiger partial charge in [0.05, 0.1) is 49.8 Å². The van der Waals surface area contributed by atoms with E-state index in [0.29, 0.717) is 0 Å². The molecule has 9 nitrogen and oxygen atoms in total. The van der Waals surface area contributed by atoms with Gasteiger partial charge in [0.15, 0.2) is 4.75 Å². The van der Waals surface area contributed by atoms with Crippen LogP contribution in [0.25, 0.3) is 0 Å². The lowest BCUT2D eigenvalue weighted by molar-refractivity contribution is -0.142. The van der Waals surface area contributed by atoms with Crippen LogP contribution in [0.3, 0.4) is 0 Å². The molecule has 11 heteroatoms. The second-order valence-corrected chi connectivity index (χ2v) is 11.5. The standard InChI is InChI=1S/C28H32N2O7S2/c1-5-37-25(33)21-19(23(31)35-3)20(24(32)36-4)22(29-18-9-7-6-8-10-18)28(21)26(34)30(27(38)39-28)15-17-13-11-16(2)12-14-17/h11-14,18,29H,5-10,15H2,1-4H3. The quantitative estimate of drug-likeness (QED) is 0.282. The molecule has 1 aromatic carbocycles. The van der Waals surface area contributed by atoms with E-state index in [1.54, 1.807) is 6.92 Å². The number of methoxy groups -OCH3 is 2. The summed E-state index contributed by atoms with van der Waals surface area (Å²) >= 11 is 6.64. The summed E-state index contributed by atoms with van der Waals surface area (Å²) in [6, 6.07) is 7.58. The first-order valence-corrected chi connectivity index (χ1v) is 14.1. The molecular formula is C28H32N2O7S2. The molecular weight excluding hydrogens is 540 g/mol. The van der Waals surface area contributed by atoms with Gasteiger partial charge in [-0.3, -0.25) is 9.69 Å². The molecule has 1 saturated carbocycles. The average Bonchev–Trinajstić information content (AvgIpc) is 3.35. The first kappa shape index (κ1) is 28.8. The molecule has 0 bridgehead atoms. The van der Waals surface area contributed by atoms with Crippen molar-refractivity contribution in [2.45, 2.75) is 63.3 Å². The molecule has 208 valence electrons. The highest BCUT2D eigenvalue weighted by Gasteiger charge is 2.65. The molecule has 2 aliphatic carbocycles. The van der Waals surface area contributed by atoms with E-state index in [2.05, 4.69) is 5.32 Å². The third kappa shape index (κ3) is 5.21. The van der Waals surface area contributed by atoms with E-state index in [1.807, 2.05) is 31.2 Å². The Bertz CT molecular complexity index is 1260. The molecule has 4 rings (SSSR count). The third-order valence-corrected chi connectivity index (χ3v) is 8.89. The molecule has 39 heavy (non-hydrogen) atoms. The number of ether oxygens (including phenoxy) is 3. The van der Waals surface area contributed by atoms with Crippen LogP contribution < -0.4 is 5.32 Å². The summed E-state index contributed by atoms with van der Waals surface area (Å²) < 4.78 is 13.8. The van der Waals surface area contributed by atoms with Gasteiger partial charge in [-0.25, -0.2) is 14.4 Å². The van der Waals surface area contributed by atoms with Gasteiger partial charge >= 0.3 is 17.9 Å². The number of carbonyl (C=O) groups excluding carboxylic acids is 4. The van der Waals surface area contributed by atoms with Gasteiger partial charge in [-0.1, -0.05) is 73.1 Å². The van der Waals surface area contributed by atoms with E-state index in [1.165, 1.54) is 12.0 Å². The zero-order valence-electron chi connectivity index (χ0n) is 22.5. The molecule has 1 aromatic rings. The Morgan fingerprint density at radius 2 is 1.64 bits per heavy atom. The molecule has 2 fully saturated rings. The van der Waals surface area contributed by atoms with E-state index in [0.717, 1.165) is 62.1 Å². The molecule has 0 radical (unpaired) electrons. The van der Waals surface area contributed by atoms with Gasteiger partial charge in [0.25, 0.3) is 5.91 Å². The minimum Gasteiger partial charge on any atom is -0.465 e. The Balaban J connectivity index is 1.94. The highest BCUT2D eigenvalue weighted by atomic mass is 32.2. The lowest BCUT2D eigenvalue weighted by Crippen LogP contribution is -2.49. The minimum atomic E-state index is -1.83. The number of amides is 1. The fraction of sp³-hybridized carbons (Fsp3) is 0.464. The van der Waals surface area contributed by atoms with Crippen molar-refractivity contribution in [2.24, 2.45) is 0 Å². The Morgan fingerprint density at radius 3 is 2.23 bits per heavy atom. The van der Waals surface area contributed by atoms with Gasteiger partial charge < -0.3 is 19.5 Å². The van der Waals surface area contributed by atoms with Crippen LogP contribution in [0.4, 0.5) is 0 Å². The Labute approximate surface area is 237 Å². The molecule has 1 saturated heterocycles. The second-order valence-electron chi connectivity index (χ2n) is 9.61. The van der Waals surface area contributed by atoms with Crippen molar-refractivity contribution < 1.29 is 33.4 Å². The van der Waals surface area contributed by atoms with E-state index < -0.39 is 28.6 Å². The highest BCUT2D eigenvalue weighted by Crippen LogP contribution is 2.55. The van der Waals surface area contributed by atoms with Crippen molar-refractivity contribution in [1.82, 2.24) is 10.2 Å². The van der Waals surface area contributed by atoms with Crippen LogP contribution in [-0.4, -0.2) is 64.7 Å². The predicted molar refractivity (Wildman–Crippen MR) is 149 cm³/mol. The molecule has 1 heterocycles. The second kappa shape index (κ2) is 11.9. The number of thiocarbonyl (C=S) groups is 1. The summed E-state index contributed by atoms with van der Waals surface area (Å²) in [6.07, 6.45) is 4.60. The maximum atomic E-state index is 14.5. The first-order valence-electron chi connectivity index (χ1n) is 12.9. The Kier molecular flexibility index (Phi) is 8.80. The van der Waals surface area contributed by atoms with Gasteiger partial charge in [-0.05, 0) is 32.3 Å². The molecule has 3 aliphatic rings. The van der Waals surface area contributed by atoms with Gasteiger partial charge in [0, 0.05) is 6.04 Å². The summed E-state index contributed by atoms with van der Waals surface area (Å²) in [4.78, 5) is 55.9. The van der Waals surface area contributed by atoms with Crippen LogP contribution >= 0.6 is 24.0 Å². The van der Waals surface area contributed by atoms with Crippen molar-refractivity contribution >= 4 is 52.1 Å². The number of nitrogens with zero attached hydrogens (tertiary/aromatic N) is 1. The smallest absolute Gasteiger partial charge is 0.340 e. The fourth-order valence-corrected chi connectivity index (χ4v) is 7.03. The van der Waals surface area contributed by atoms with Gasteiger partial charge in [0.1, 0.15) is 4.32 Å². The Hall–Kier alpha value is -3.18. The number of benzene rings is 1. The van der Waals surface area contributed by atoms with Crippen LogP contribution in [0.15, 0.2) is 46.7 Å². The van der Waals surface area contributed by atoms with Crippen molar-refractivity contribution in [1.29, 1.82) is 0 Å². The predicted octanol–water partition coefficient (Wildman–Crippen LogP) is 3.49. The minimum absolute atomic E-state index is 0.0117. The van der Waals surface area contributed by atoms with Crippen LogP contribution in [0, 0.1) is 6.92 Å². The average molecular weight is 573 g/mol. The number of hydrogen-bond donors (Lipinski definition) is 1. The van der Waals surface area contributed by atoms with Gasteiger partial charge in [-0.15, -0.1) is 0 Å². The largest absolute Gasteiger partial charge is 0.465 e. The van der Waals surface area contributed by atoms with E-state index in [4.69, 9.17) is 26.4 Å². The van der Waals surface area contributed by atoms with Crippen molar-refractivity contribution in [2.75, 3.05) is 20.8 Å². The number of esters is 3. The van der Waals surface area contributed by atoms with Crippen LogP contribution in [-0.2, 0) is 39.9 Å². The van der Waals surface area contributed by atoms with Crippen LogP contribution in [0.2, 0.25) is 0 Å². The van der Waals surface area contributed by atoms with E-state index >= 15 is 0 Å². The van der Waals surface area contributed by atoms with Gasteiger partial charge in [-0.2, -0.15) is 0 Å². The summed E-state index contributed by atoms with van der Waals surface area (Å²) in [5.74, 6) is -3.27. The lowest BCUT2D eigenvalue weighted by Gasteiger charge is -2.32. The summed E-state index contributed by atoms with van der Waals surface area (Å²) in [6.45, 7) is 3.72. The highest BCUT2D eigenvalue weighted by molar-refractivity contribution is 8.25. The number of rotatable bonds is 8. The maximum absolute atomic E-state index is 14.5. The topological polar surface area (TPSA) is 111 Å². The normalized spacial score (nSPS) is 21.6. The number of carbonyl (C=O) groups is 4.